The van der Waals surface area contributed by atoms with Gasteiger partial charge in [0.25, 0.3) is 0 Å². The minimum absolute atomic E-state index is 0.243. The third-order valence-electron chi connectivity index (χ3n) is 3.24. The Morgan fingerprint density at radius 2 is 2.56 bits per heavy atom. The molecule has 1 aliphatic rings. The number of ether oxygens (including phenoxy) is 1. The molecule has 3 rings (SSSR count). The average molecular weight is 263 g/mol. The van der Waals surface area contributed by atoms with Gasteiger partial charge in [0.05, 0.1) is 19.3 Å². The van der Waals surface area contributed by atoms with E-state index in [2.05, 4.69) is 31.7 Å². The van der Waals surface area contributed by atoms with E-state index >= 15 is 0 Å². The van der Waals surface area contributed by atoms with Crippen LogP contribution < -0.4 is 0 Å². The molecule has 3 heterocycles. The number of hydrogen-bond acceptors (Lipinski definition) is 4. The molecule has 0 amide bonds. The van der Waals surface area contributed by atoms with Gasteiger partial charge in [-0.15, -0.1) is 0 Å². The van der Waals surface area contributed by atoms with Crippen LogP contribution in [-0.4, -0.2) is 34.6 Å². The van der Waals surface area contributed by atoms with Crippen molar-refractivity contribution in [2.24, 2.45) is 0 Å². The molecule has 5 heteroatoms. The summed E-state index contributed by atoms with van der Waals surface area (Å²) in [5.41, 5.74) is 2.47. The molecule has 18 heavy (non-hydrogen) atoms. The Kier molecular flexibility index (Phi) is 3.45. The van der Waals surface area contributed by atoms with Crippen molar-refractivity contribution >= 4 is 11.3 Å². The summed E-state index contributed by atoms with van der Waals surface area (Å²) in [6.07, 6.45) is 1.88. The zero-order valence-electron chi connectivity index (χ0n) is 10.4. The zero-order valence-corrected chi connectivity index (χ0v) is 11.2. The van der Waals surface area contributed by atoms with Crippen molar-refractivity contribution in [3.05, 3.63) is 40.1 Å². The number of rotatable bonds is 3. The summed E-state index contributed by atoms with van der Waals surface area (Å²) in [6, 6.07) is 2.43. The zero-order chi connectivity index (χ0) is 12.4. The largest absolute Gasteiger partial charge is 0.378 e. The van der Waals surface area contributed by atoms with Crippen LogP contribution in [0.4, 0.5) is 0 Å². The van der Waals surface area contributed by atoms with E-state index in [-0.39, 0.29) is 6.04 Å². The van der Waals surface area contributed by atoms with Crippen LogP contribution in [0.15, 0.2) is 23.0 Å². The summed E-state index contributed by atoms with van der Waals surface area (Å²) in [4.78, 5) is 10.2. The highest BCUT2D eigenvalue weighted by Crippen LogP contribution is 2.24. The lowest BCUT2D eigenvalue weighted by atomic mass is 10.2. The van der Waals surface area contributed by atoms with Crippen molar-refractivity contribution in [3.63, 3.8) is 0 Å². The minimum Gasteiger partial charge on any atom is -0.378 e. The van der Waals surface area contributed by atoms with Crippen LogP contribution in [0.25, 0.3) is 0 Å². The molecule has 2 aromatic heterocycles. The Morgan fingerprint density at radius 1 is 1.61 bits per heavy atom. The summed E-state index contributed by atoms with van der Waals surface area (Å²) in [7, 11) is 0. The predicted molar refractivity (Wildman–Crippen MR) is 71.6 cm³/mol. The van der Waals surface area contributed by atoms with Crippen LogP contribution in [0.3, 0.4) is 0 Å². The van der Waals surface area contributed by atoms with E-state index in [1.165, 1.54) is 5.56 Å². The SMILES string of the molecule is Cc1cnc(C2COCCN2Cc2ccsc2)[nH]1. The quantitative estimate of drug-likeness (QED) is 0.924. The number of H-pyrrole nitrogens is 1. The minimum atomic E-state index is 0.243. The van der Waals surface area contributed by atoms with Crippen molar-refractivity contribution < 1.29 is 4.74 Å². The van der Waals surface area contributed by atoms with Gasteiger partial charge in [0.2, 0.25) is 0 Å². The van der Waals surface area contributed by atoms with Crippen molar-refractivity contribution in [1.82, 2.24) is 14.9 Å². The van der Waals surface area contributed by atoms with Crippen molar-refractivity contribution in [2.45, 2.75) is 19.5 Å². The fraction of sp³-hybridized carbons (Fsp3) is 0.462. The van der Waals surface area contributed by atoms with Gasteiger partial charge in [0.1, 0.15) is 5.82 Å². The molecule has 1 fully saturated rings. The third-order valence-corrected chi connectivity index (χ3v) is 3.98. The summed E-state index contributed by atoms with van der Waals surface area (Å²) < 4.78 is 5.60. The Morgan fingerprint density at radius 3 is 3.28 bits per heavy atom. The fourth-order valence-corrected chi connectivity index (χ4v) is 2.96. The lowest BCUT2D eigenvalue weighted by Gasteiger charge is -2.34. The van der Waals surface area contributed by atoms with Gasteiger partial charge < -0.3 is 9.72 Å². The number of aromatic amines is 1. The van der Waals surface area contributed by atoms with Crippen LogP contribution >= 0.6 is 11.3 Å². The first-order chi connectivity index (χ1) is 8.83. The maximum absolute atomic E-state index is 5.60. The van der Waals surface area contributed by atoms with Gasteiger partial charge in [-0.2, -0.15) is 11.3 Å². The Bertz CT molecular complexity index is 494. The topological polar surface area (TPSA) is 41.1 Å². The summed E-state index contributed by atoms with van der Waals surface area (Å²) in [5, 5.41) is 4.34. The highest BCUT2D eigenvalue weighted by molar-refractivity contribution is 7.07. The molecule has 0 aromatic carbocycles. The number of imidazole rings is 1. The summed E-state index contributed by atoms with van der Waals surface area (Å²) >= 11 is 1.75. The monoisotopic (exact) mass is 263 g/mol. The van der Waals surface area contributed by atoms with Crippen LogP contribution in [0.2, 0.25) is 0 Å². The molecule has 1 saturated heterocycles. The standard InChI is InChI=1S/C13H17N3OS/c1-10-6-14-13(15-10)12-8-17-4-3-16(12)7-11-2-5-18-9-11/h2,5-6,9,12H,3-4,7-8H2,1H3,(H,14,15). The Labute approximate surface area is 111 Å². The van der Waals surface area contributed by atoms with Crippen LogP contribution in [-0.2, 0) is 11.3 Å². The first-order valence-corrected chi connectivity index (χ1v) is 7.11. The van der Waals surface area contributed by atoms with E-state index in [0.29, 0.717) is 0 Å². The molecule has 96 valence electrons. The smallest absolute Gasteiger partial charge is 0.126 e. The van der Waals surface area contributed by atoms with E-state index in [9.17, 15) is 0 Å². The van der Waals surface area contributed by atoms with Crippen LogP contribution in [0.5, 0.6) is 0 Å². The molecule has 0 radical (unpaired) electrons. The van der Waals surface area contributed by atoms with Crippen molar-refractivity contribution in [1.29, 1.82) is 0 Å². The predicted octanol–water partition coefficient (Wildman–Crippen LogP) is 2.35. The Balaban J connectivity index is 1.77. The highest BCUT2D eigenvalue weighted by atomic mass is 32.1. The highest BCUT2D eigenvalue weighted by Gasteiger charge is 2.26. The normalized spacial score (nSPS) is 21.3. The van der Waals surface area contributed by atoms with E-state index in [0.717, 1.165) is 37.8 Å². The first kappa shape index (κ1) is 11.9. The first-order valence-electron chi connectivity index (χ1n) is 6.17. The number of nitrogens with zero attached hydrogens (tertiary/aromatic N) is 2. The van der Waals surface area contributed by atoms with E-state index in [1.807, 2.05) is 13.1 Å². The van der Waals surface area contributed by atoms with Gasteiger partial charge in [-0.1, -0.05) is 0 Å². The average Bonchev–Trinajstić information content (AvgIpc) is 3.02. The molecule has 0 bridgehead atoms. The number of aryl methyl sites for hydroxylation is 1. The lowest BCUT2D eigenvalue weighted by molar-refractivity contribution is -0.0156. The second-order valence-electron chi connectivity index (χ2n) is 4.64. The van der Waals surface area contributed by atoms with Gasteiger partial charge >= 0.3 is 0 Å². The number of hydrogen-bond donors (Lipinski definition) is 1. The van der Waals surface area contributed by atoms with E-state index < -0.39 is 0 Å². The molecule has 1 unspecified atom stereocenters. The van der Waals surface area contributed by atoms with Gasteiger partial charge in [-0.3, -0.25) is 4.90 Å². The van der Waals surface area contributed by atoms with E-state index in [4.69, 9.17) is 4.74 Å². The Hall–Kier alpha value is -1.17. The summed E-state index contributed by atoms with van der Waals surface area (Å²) in [5.74, 6) is 1.02. The maximum atomic E-state index is 5.60. The fourth-order valence-electron chi connectivity index (χ4n) is 2.30. The van der Waals surface area contributed by atoms with E-state index in [1.54, 1.807) is 11.3 Å². The molecular weight excluding hydrogens is 246 g/mol. The molecular formula is C13H17N3OS. The second-order valence-corrected chi connectivity index (χ2v) is 5.42. The summed E-state index contributed by atoms with van der Waals surface area (Å²) in [6.45, 7) is 5.48. The molecule has 0 aliphatic carbocycles. The van der Waals surface area contributed by atoms with Gasteiger partial charge in [0, 0.05) is 25.0 Å². The number of aromatic nitrogens is 2. The van der Waals surface area contributed by atoms with Gasteiger partial charge in [-0.05, 0) is 29.3 Å². The van der Waals surface area contributed by atoms with Crippen LogP contribution in [0.1, 0.15) is 23.1 Å². The lowest BCUT2D eigenvalue weighted by Crippen LogP contribution is -2.39. The number of morpholine rings is 1. The molecule has 1 aliphatic heterocycles. The van der Waals surface area contributed by atoms with Crippen molar-refractivity contribution in [2.75, 3.05) is 19.8 Å². The maximum Gasteiger partial charge on any atom is 0.126 e. The second kappa shape index (κ2) is 5.22. The number of nitrogens with one attached hydrogen (secondary N) is 1. The number of thiophene rings is 1. The third kappa shape index (κ3) is 2.48. The van der Waals surface area contributed by atoms with Gasteiger partial charge in [0.15, 0.2) is 0 Å². The van der Waals surface area contributed by atoms with Crippen LogP contribution in [0, 0.1) is 6.92 Å². The molecule has 2 aromatic rings. The molecule has 1 N–H and O–H groups in total. The molecule has 1 atom stereocenters. The molecule has 4 nitrogen and oxygen atoms in total. The van der Waals surface area contributed by atoms with Gasteiger partial charge in [-0.25, -0.2) is 4.98 Å². The molecule has 0 saturated carbocycles. The molecule has 0 spiro atoms. The van der Waals surface area contributed by atoms with Crippen molar-refractivity contribution in [3.8, 4) is 0 Å².